The predicted octanol–water partition coefficient (Wildman–Crippen LogP) is 6.59. The monoisotopic (exact) mass is 654 g/mol. The lowest BCUT2D eigenvalue weighted by atomic mass is 9.99. The van der Waals surface area contributed by atoms with Crippen LogP contribution in [0.5, 0.6) is 11.5 Å². The Morgan fingerprint density at radius 3 is 2.41 bits per heavy atom. The molecular weight excluding hydrogens is 621 g/mol. The first-order valence-corrected chi connectivity index (χ1v) is 16.4. The van der Waals surface area contributed by atoms with Gasteiger partial charge in [-0.25, -0.2) is 4.79 Å². The van der Waals surface area contributed by atoms with Crippen LogP contribution in [-0.4, -0.2) is 83.7 Å². The fourth-order valence-corrected chi connectivity index (χ4v) is 6.69. The van der Waals surface area contributed by atoms with Crippen LogP contribution in [0.3, 0.4) is 0 Å². The molecule has 0 unspecified atom stereocenters. The summed E-state index contributed by atoms with van der Waals surface area (Å²) in [6, 6.07) is 27.1. The normalized spacial score (nSPS) is 16.3. The van der Waals surface area contributed by atoms with Gasteiger partial charge in [-0.15, -0.1) is 0 Å². The van der Waals surface area contributed by atoms with Gasteiger partial charge in [-0.2, -0.15) is 0 Å². The maximum absolute atomic E-state index is 13.5. The smallest absolute Gasteiger partial charge is 0.335 e. The average Bonchev–Trinajstić information content (AvgIpc) is 3.35. The molecule has 236 valence electrons. The minimum atomic E-state index is -0.985. The zero-order valence-electron chi connectivity index (χ0n) is 25.2. The Morgan fingerprint density at radius 1 is 0.891 bits per heavy atom. The third-order valence-corrected chi connectivity index (χ3v) is 9.30. The van der Waals surface area contributed by atoms with Crippen molar-refractivity contribution >= 4 is 57.0 Å². The summed E-state index contributed by atoms with van der Waals surface area (Å²) in [4.78, 5) is 29.1. The van der Waals surface area contributed by atoms with E-state index in [0.717, 1.165) is 54.9 Å². The first-order valence-electron chi connectivity index (χ1n) is 15.2. The quantitative estimate of drug-likeness (QED) is 0.103. The minimum absolute atomic E-state index is 0.142. The molecule has 0 radical (unpaired) electrons. The predicted molar refractivity (Wildman–Crippen MR) is 186 cm³/mol. The summed E-state index contributed by atoms with van der Waals surface area (Å²) < 4.78 is 18.0. The number of hydrogen-bond donors (Lipinski definition) is 1. The van der Waals surface area contributed by atoms with Gasteiger partial charge >= 0.3 is 5.97 Å². The van der Waals surface area contributed by atoms with Crippen molar-refractivity contribution in [3.05, 3.63) is 101 Å². The van der Waals surface area contributed by atoms with E-state index in [0.29, 0.717) is 46.9 Å². The number of hydrogen-bond acceptors (Lipinski definition) is 8. The molecule has 2 heterocycles. The fourth-order valence-electron chi connectivity index (χ4n) is 5.39. The van der Waals surface area contributed by atoms with Gasteiger partial charge in [-0.05, 0) is 76.9 Å². The number of aromatic carboxylic acids is 1. The van der Waals surface area contributed by atoms with E-state index >= 15 is 0 Å². The molecule has 0 aliphatic carbocycles. The molecule has 0 bridgehead atoms. The number of carbonyl (C=O) groups excluding carboxylic acids is 1. The summed E-state index contributed by atoms with van der Waals surface area (Å²) in [6.07, 6.45) is 2.45. The number of carboxylic acid groups (broad SMARTS) is 1. The summed E-state index contributed by atoms with van der Waals surface area (Å²) in [5.74, 6) is 0.158. The number of nitrogens with zero attached hydrogens (tertiary/aromatic N) is 2. The Morgan fingerprint density at radius 2 is 1.63 bits per heavy atom. The summed E-state index contributed by atoms with van der Waals surface area (Å²) >= 11 is 6.89. The van der Waals surface area contributed by atoms with E-state index < -0.39 is 5.97 Å². The van der Waals surface area contributed by atoms with Crippen LogP contribution in [0.2, 0.25) is 0 Å². The summed E-state index contributed by atoms with van der Waals surface area (Å²) in [5.41, 5.74) is 3.13. The average molecular weight is 655 g/mol. The lowest BCUT2D eigenvalue weighted by Gasteiger charge is -2.26. The number of morpholine rings is 1. The summed E-state index contributed by atoms with van der Waals surface area (Å²) in [7, 11) is 0. The molecule has 2 fully saturated rings. The highest BCUT2D eigenvalue weighted by atomic mass is 32.2. The number of fused-ring (bicyclic) bond motifs is 1. The van der Waals surface area contributed by atoms with Crippen molar-refractivity contribution in [2.45, 2.75) is 6.42 Å². The standard InChI is InChI=1S/C36H34N2O6S2/c39-34-33(46-36(45)38(34)14-3-18-43-31-11-8-26(9-12-31)35(40)41)24-30-23-29(28-7-6-25-4-1-2-5-27(25)22-28)10-13-32(30)44-21-17-37-15-19-42-20-16-37/h1-2,4-13,22-24H,3,14-21H2,(H,40,41)/b33-24-. The Bertz CT molecular complexity index is 1770. The third kappa shape index (κ3) is 7.76. The molecule has 2 aliphatic rings. The number of thioether (sulfide) groups is 1. The van der Waals surface area contributed by atoms with E-state index in [1.807, 2.05) is 24.3 Å². The van der Waals surface area contributed by atoms with Crippen LogP contribution >= 0.6 is 24.0 Å². The van der Waals surface area contributed by atoms with Crippen molar-refractivity contribution in [2.24, 2.45) is 0 Å². The molecule has 0 spiro atoms. The van der Waals surface area contributed by atoms with Crippen molar-refractivity contribution < 1.29 is 28.9 Å². The van der Waals surface area contributed by atoms with E-state index in [-0.39, 0.29) is 11.5 Å². The van der Waals surface area contributed by atoms with Crippen LogP contribution in [0.25, 0.3) is 28.0 Å². The molecule has 1 N–H and O–H groups in total. The molecule has 0 atom stereocenters. The molecule has 46 heavy (non-hydrogen) atoms. The van der Waals surface area contributed by atoms with E-state index in [1.165, 1.54) is 29.3 Å². The van der Waals surface area contributed by atoms with Crippen LogP contribution in [0, 0.1) is 0 Å². The first kappa shape index (κ1) is 31.7. The SMILES string of the molecule is O=C(O)c1ccc(OCCCN2C(=O)/C(=C/c3cc(-c4ccc5ccccc5c4)ccc3OCCN3CCOCC3)SC2=S)cc1. The number of ether oxygens (including phenoxy) is 3. The van der Waals surface area contributed by atoms with Gasteiger partial charge in [0.2, 0.25) is 0 Å². The van der Waals surface area contributed by atoms with Gasteiger partial charge in [-0.3, -0.25) is 14.6 Å². The molecule has 1 amide bonds. The van der Waals surface area contributed by atoms with E-state index in [2.05, 4.69) is 47.4 Å². The zero-order valence-corrected chi connectivity index (χ0v) is 26.9. The highest BCUT2D eigenvalue weighted by molar-refractivity contribution is 8.26. The van der Waals surface area contributed by atoms with Gasteiger partial charge < -0.3 is 19.3 Å². The molecular formula is C36H34N2O6S2. The molecule has 6 rings (SSSR count). The van der Waals surface area contributed by atoms with Gasteiger partial charge in [0.1, 0.15) is 22.4 Å². The van der Waals surface area contributed by atoms with Crippen LogP contribution in [0.1, 0.15) is 22.3 Å². The van der Waals surface area contributed by atoms with E-state index in [9.17, 15) is 9.59 Å². The number of rotatable bonds is 12. The van der Waals surface area contributed by atoms with Crippen molar-refractivity contribution in [3.63, 3.8) is 0 Å². The number of carbonyl (C=O) groups is 2. The second-order valence-electron chi connectivity index (χ2n) is 11.0. The number of benzene rings is 4. The van der Waals surface area contributed by atoms with Gasteiger partial charge in [0.15, 0.2) is 0 Å². The molecule has 10 heteroatoms. The maximum atomic E-state index is 13.5. The van der Waals surface area contributed by atoms with Crippen LogP contribution < -0.4 is 9.47 Å². The zero-order chi connectivity index (χ0) is 31.9. The fraction of sp³-hybridized carbons (Fsp3) is 0.250. The van der Waals surface area contributed by atoms with Crippen molar-refractivity contribution in [1.82, 2.24) is 9.80 Å². The number of carboxylic acids is 1. The van der Waals surface area contributed by atoms with Crippen molar-refractivity contribution in [1.29, 1.82) is 0 Å². The third-order valence-electron chi connectivity index (χ3n) is 7.92. The maximum Gasteiger partial charge on any atom is 0.335 e. The number of amides is 1. The van der Waals surface area contributed by atoms with Crippen molar-refractivity contribution in [3.8, 4) is 22.6 Å². The molecule has 2 saturated heterocycles. The Kier molecular flexibility index (Phi) is 10.3. The summed E-state index contributed by atoms with van der Waals surface area (Å²) in [5, 5.41) is 11.4. The second-order valence-corrected chi connectivity index (χ2v) is 12.7. The van der Waals surface area contributed by atoms with Crippen LogP contribution in [0.4, 0.5) is 0 Å². The van der Waals surface area contributed by atoms with Crippen LogP contribution in [-0.2, 0) is 9.53 Å². The molecule has 0 saturated carbocycles. The van der Waals surface area contributed by atoms with E-state index in [4.69, 9.17) is 31.5 Å². The van der Waals surface area contributed by atoms with Gasteiger partial charge in [0, 0.05) is 31.7 Å². The second kappa shape index (κ2) is 14.9. The van der Waals surface area contributed by atoms with E-state index in [1.54, 1.807) is 17.0 Å². The topological polar surface area (TPSA) is 88.5 Å². The van der Waals surface area contributed by atoms with Crippen LogP contribution in [0.15, 0.2) is 89.8 Å². The molecule has 4 aromatic rings. The Hall–Kier alpha value is -4.22. The first-order chi connectivity index (χ1) is 22.4. The van der Waals surface area contributed by atoms with Crippen molar-refractivity contribution in [2.75, 3.05) is 52.6 Å². The lowest BCUT2D eigenvalue weighted by molar-refractivity contribution is -0.122. The van der Waals surface area contributed by atoms with Gasteiger partial charge in [-0.1, -0.05) is 66.4 Å². The van der Waals surface area contributed by atoms with Gasteiger partial charge in [0.05, 0.1) is 30.3 Å². The highest BCUT2D eigenvalue weighted by Crippen LogP contribution is 2.36. The Labute approximate surface area is 277 Å². The lowest BCUT2D eigenvalue weighted by Crippen LogP contribution is -2.38. The summed E-state index contributed by atoms with van der Waals surface area (Å²) in [6.45, 7) is 5.34. The highest BCUT2D eigenvalue weighted by Gasteiger charge is 2.32. The molecule has 8 nitrogen and oxygen atoms in total. The Balaban J connectivity index is 1.16. The molecule has 4 aromatic carbocycles. The largest absolute Gasteiger partial charge is 0.494 e. The number of thiocarbonyl (C=S) groups is 1. The minimum Gasteiger partial charge on any atom is -0.494 e. The molecule has 0 aromatic heterocycles. The molecule has 2 aliphatic heterocycles. The van der Waals surface area contributed by atoms with Gasteiger partial charge in [0.25, 0.3) is 5.91 Å².